The Morgan fingerprint density at radius 1 is 1.39 bits per heavy atom. The van der Waals surface area contributed by atoms with Crippen molar-refractivity contribution in [3.63, 3.8) is 0 Å². The maximum Gasteiger partial charge on any atom is 0.338 e. The van der Waals surface area contributed by atoms with E-state index in [0.717, 1.165) is 11.6 Å². The maximum absolute atomic E-state index is 13.2. The first-order valence-electron chi connectivity index (χ1n) is 5.06. The van der Waals surface area contributed by atoms with Crippen LogP contribution in [-0.2, 0) is 0 Å². The molecule has 0 aliphatic carbocycles. The van der Waals surface area contributed by atoms with E-state index in [4.69, 9.17) is 5.11 Å². The number of carboxylic acid groups (broad SMARTS) is 1. The summed E-state index contributed by atoms with van der Waals surface area (Å²) in [4.78, 5) is 11.4. The first-order valence-corrected chi connectivity index (χ1v) is 5.88. The summed E-state index contributed by atoms with van der Waals surface area (Å²) >= 11 is 1.24. The Kier molecular flexibility index (Phi) is 3.57. The second kappa shape index (κ2) is 5.14. The lowest BCUT2D eigenvalue weighted by molar-refractivity contribution is 0.0691. The van der Waals surface area contributed by atoms with Gasteiger partial charge in [0, 0.05) is 4.90 Å². The number of aromatic nitrogens is 2. The van der Waals surface area contributed by atoms with Crippen LogP contribution in [0.25, 0.3) is 0 Å². The summed E-state index contributed by atoms with van der Waals surface area (Å²) in [6.45, 7) is 1.88. The summed E-state index contributed by atoms with van der Waals surface area (Å²) in [6.07, 6.45) is 1.62. The molecule has 0 saturated heterocycles. The molecule has 0 saturated carbocycles. The number of hydrogen-bond donors (Lipinski definition) is 1. The Hall–Kier alpha value is -1.95. The number of rotatable bonds is 3. The third-order valence-electron chi connectivity index (χ3n) is 2.16. The summed E-state index contributed by atoms with van der Waals surface area (Å²) in [6, 6.07) is 5.75. The topological polar surface area (TPSA) is 63.1 Å². The van der Waals surface area contributed by atoms with Gasteiger partial charge in [-0.3, -0.25) is 0 Å². The molecule has 0 atom stereocenters. The summed E-state index contributed by atoms with van der Waals surface area (Å²) in [5, 5.41) is 17.2. The Bertz CT molecular complexity index is 604. The quantitative estimate of drug-likeness (QED) is 0.923. The molecule has 18 heavy (non-hydrogen) atoms. The zero-order valence-electron chi connectivity index (χ0n) is 9.42. The molecule has 92 valence electrons. The molecule has 2 rings (SSSR count). The molecule has 4 nitrogen and oxygen atoms in total. The van der Waals surface area contributed by atoms with Gasteiger partial charge in [0.1, 0.15) is 10.8 Å². The molecule has 0 amide bonds. The van der Waals surface area contributed by atoms with E-state index in [1.807, 2.05) is 13.0 Å². The molecular weight excluding hydrogens is 255 g/mol. The van der Waals surface area contributed by atoms with E-state index in [-0.39, 0.29) is 5.56 Å². The number of aryl methyl sites for hydroxylation is 1. The number of nitrogens with zero attached hydrogens (tertiary/aromatic N) is 2. The van der Waals surface area contributed by atoms with Gasteiger partial charge in [0.05, 0.1) is 11.8 Å². The first kappa shape index (κ1) is 12.5. The van der Waals surface area contributed by atoms with E-state index in [0.29, 0.717) is 9.92 Å². The second-order valence-corrected chi connectivity index (χ2v) is 4.71. The molecule has 1 heterocycles. The Morgan fingerprint density at radius 2 is 2.17 bits per heavy atom. The van der Waals surface area contributed by atoms with Crippen molar-refractivity contribution in [3.05, 3.63) is 47.4 Å². The van der Waals surface area contributed by atoms with Crippen LogP contribution in [0.15, 0.2) is 40.4 Å². The van der Waals surface area contributed by atoms with Gasteiger partial charge < -0.3 is 5.11 Å². The van der Waals surface area contributed by atoms with Crippen LogP contribution >= 0.6 is 11.8 Å². The zero-order valence-corrected chi connectivity index (χ0v) is 10.2. The van der Waals surface area contributed by atoms with Crippen LogP contribution in [0.1, 0.15) is 15.9 Å². The average Bonchev–Trinajstić information content (AvgIpc) is 2.31. The van der Waals surface area contributed by atoms with Gasteiger partial charge in [-0.15, -0.1) is 5.10 Å². The number of hydrogen-bond acceptors (Lipinski definition) is 4. The Labute approximate surface area is 107 Å². The average molecular weight is 264 g/mol. The molecule has 0 spiro atoms. The van der Waals surface area contributed by atoms with Crippen LogP contribution in [0.5, 0.6) is 0 Å². The van der Waals surface area contributed by atoms with E-state index in [1.54, 1.807) is 6.20 Å². The third-order valence-corrected chi connectivity index (χ3v) is 3.06. The van der Waals surface area contributed by atoms with Crippen LogP contribution in [0.2, 0.25) is 0 Å². The number of benzene rings is 1. The fourth-order valence-electron chi connectivity index (χ4n) is 1.34. The molecule has 0 aliphatic heterocycles. The minimum absolute atomic E-state index is 0.347. The van der Waals surface area contributed by atoms with Crippen LogP contribution in [0.3, 0.4) is 0 Å². The molecular formula is C12H9FN2O2S. The lowest BCUT2D eigenvalue weighted by atomic mass is 10.2. The van der Waals surface area contributed by atoms with Gasteiger partial charge in [-0.25, -0.2) is 9.18 Å². The van der Waals surface area contributed by atoms with Crippen molar-refractivity contribution in [2.24, 2.45) is 0 Å². The summed E-state index contributed by atoms with van der Waals surface area (Å²) < 4.78 is 13.2. The highest BCUT2D eigenvalue weighted by atomic mass is 32.2. The maximum atomic E-state index is 13.2. The van der Waals surface area contributed by atoms with Crippen molar-refractivity contribution in [1.29, 1.82) is 0 Å². The number of carbonyl (C=O) groups is 1. The van der Waals surface area contributed by atoms with Crippen LogP contribution in [-0.4, -0.2) is 21.3 Å². The summed E-state index contributed by atoms with van der Waals surface area (Å²) in [7, 11) is 0. The molecule has 1 aromatic heterocycles. The van der Waals surface area contributed by atoms with E-state index in [2.05, 4.69) is 10.2 Å². The Balaban J connectivity index is 2.30. The minimum Gasteiger partial charge on any atom is -0.478 e. The summed E-state index contributed by atoms with van der Waals surface area (Å²) in [5.74, 6) is -2.03. The monoisotopic (exact) mass is 264 g/mol. The zero-order chi connectivity index (χ0) is 13.1. The Morgan fingerprint density at radius 3 is 2.83 bits per heavy atom. The van der Waals surface area contributed by atoms with Gasteiger partial charge in [0.2, 0.25) is 0 Å². The van der Waals surface area contributed by atoms with Crippen molar-refractivity contribution in [3.8, 4) is 0 Å². The summed E-state index contributed by atoms with van der Waals surface area (Å²) in [5.41, 5.74) is 0.605. The molecule has 1 aromatic carbocycles. The molecule has 0 unspecified atom stereocenters. The molecule has 0 radical (unpaired) electrons. The van der Waals surface area contributed by atoms with Gasteiger partial charge in [-0.05, 0) is 36.8 Å². The lowest BCUT2D eigenvalue weighted by Crippen LogP contribution is -2.00. The van der Waals surface area contributed by atoms with Gasteiger partial charge in [-0.1, -0.05) is 11.8 Å². The van der Waals surface area contributed by atoms with Crippen molar-refractivity contribution < 1.29 is 14.3 Å². The molecule has 0 bridgehead atoms. The lowest BCUT2D eigenvalue weighted by Gasteiger charge is -2.03. The van der Waals surface area contributed by atoms with Crippen LogP contribution < -0.4 is 0 Å². The standard InChI is InChI=1S/C12H9FN2O2S/c1-7-4-11(15-14-6-7)18-8-2-3-10(13)9(5-8)12(16)17/h2-6H,1H3,(H,16,17). The fraction of sp³-hybridized carbons (Fsp3) is 0.0833. The van der Waals surface area contributed by atoms with E-state index in [1.165, 1.54) is 23.9 Å². The highest BCUT2D eigenvalue weighted by Crippen LogP contribution is 2.27. The first-order chi connectivity index (χ1) is 8.56. The van der Waals surface area contributed by atoms with Crippen molar-refractivity contribution in [2.45, 2.75) is 16.8 Å². The molecule has 1 N–H and O–H groups in total. The molecule has 2 aromatic rings. The van der Waals surface area contributed by atoms with Crippen molar-refractivity contribution in [2.75, 3.05) is 0 Å². The normalized spacial score (nSPS) is 10.3. The highest BCUT2D eigenvalue weighted by molar-refractivity contribution is 7.99. The van der Waals surface area contributed by atoms with E-state index >= 15 is 0 Å². The third kappa shape index (κ3) is 2.84. The number of aromatic carboxylic acids is 1. The predicted molar refractivity (Wildman–Crippen MR) is 64.3 cm³/mol. The smallest absolute Gasteiger partial charge is 0.338 e. The molecule has 6 heteroatoms. The molecule has 0 fully saturated rings. The number of halogens is 1. The van der Waals surface area contributed by atoms with E-state index < -0.39 is 11.8 Å². The van der Waals surface area contributed by atoms with Crippen molar-refractivity contribution in [1.82, 2.24) is 10.2 Å². The van der Waals surface area contributed by atoms with Crippen LogP contribution in [0.4, 0.5) is 4.39 Å². The predicted octanol–water partition coefficient (Wildman–Crippen LogP) is 2.77. The largest absolute Gasteiger partial charge is 0.478 e. The number of carboxylic acids is 1. The minimum atomic E-state index is -1.29. The van der Waals surface area contributed by atoms with E-state index in [9.17, 15) is 9.18 Å². The van der Waals surface area contributed by atoms with Gasteiger partial charge in [-0.2, -0.15) is 5.10 Å². The fourth-order valence-corrected chi connectivity index (χ4v) is 2.23. The molecule has 0 aliphatic rings. The SMILES string of the molecule is Cc1cnnc(Sc2ccc(F)c(C(=O)O)c2)c1. The second-order valence-electron chi connectivity index (χ2n) is 3.62. The van der Waals surface area contributed by atoms with Crippen molar-refractivity contribution >= 4 is 17.7 Å². The van der Waals surface area contributed by atoms with Gasteiger partial charge >= 0.3 is 5.97 Å². The highest BCUT2D eigenvalue weighted by Gasteiger charge is 2.11. The van der Waals surface area contributed by atoms with Crippen LogP contribution in [0, 0.1) is 12.7 Å². The van der Waals surface area contributed by atoms with Gasteiger partial charge in [0.15, 0.2) is 0 Å². The van der Waals surface area contributed by atoms with Gasteiger partial charge in [0.25, 0.3) is 0 Å².